The molecule has 0 aromatic rings. The maximum atomic E-state index is 6.94. The van der Waals surface area contributed by atoms with Crippen LogP contribution in [0.25, 0.3) is 0 Å². The van der Waals surface area contributed by atoms with E-state index in [0.29, 0.717) is 38.6 Å². The molecule has 0 aliphatic carbocycles. The topological polar surface area (TPSA) is 80.4 Å². The fourth-order valence-electron chi connectivity index (χ4n) is 4.55. The largest absolute Gasteiger partial charge is 0.416 e. The monoisotopic (exact) mass is 524 g/mol. The van der Waals surface area contributed by atoms with Gasteiger partial charge in [0.25, 0.3) is 0 Å². The van der Waals surface area contributed by atoms with Crippen LogP contribution >= 0.6 is 0 Å². The lowest BCUT2D eigenvalue weighted by Crippen LogP contribution is -2.66. The Morgan fingerprint density at radius 2 is 1.06 bits per heavy atom. The van der Waals surface area contributed by atoms with Crippen molar-refractivity contribution in [3.05, 3.63) is 0 Å². The Labute approximate surface area is 198 Å². The SMILES string of the molecule is CCC[Si]1(C)O[Si](C)(CCCOCC2CO2)O[Si](C)(C)O[Si](C)(CCCOCC2CO2)O1. The summed E-state index contributed by atoms with van der Waals surface area (Å²) >= 11 is 0. The lowest BCUT2D eigenvalue weighted by molar-refractivity contribution is 0.114. The molecule has 8 nitrogen and oxygen atoms in total. The summed E-state index contributed by atoms with van der Waals surface area (Å²) < 4.78 is 49.4. The summed E-state index contributed by atoms with van der Waals surface area (Å²) in [6.07, 6.45) is 3.49. The molecule has 3 rings (SSSR count). The maximum Gasteiger partial charge on any atom is 0.317 e. The molecule has 0 aromatic heterocycles. The van der Waals surface area contributed by atoms with Crippen molar-refractivity contribution in [3.8, 4) is 0 Å². The van der Waals surface area contributed by atoms with E-state index in [0.717, 1.165) is 50.6 Å². The number of hydrogen-bond donors (Lipinski definition) is 0. The van der Waals surface area contributed by atoms with Crippen LogP contribution < -0.4 is 0 Å². The van der Waals surface area contributed by atoms with Gasteiger partial charge in [-0.1, -0.05) is 13.3 Å². The third-order valence-electron chi connectivity index (χ3n) is 5.74. The quantitative estimate of drug-likeness (QED) is 0.192. The third-order valence-corrected chi connectivity index (χ3v) is 24.0. The van der Waals surface area contributed by atoms with Gasteiger partial charge in [0.2, 0.25) is 0 Å². The normalized spacial score (nSPS) is 38.8. The zero-order valence-electron chi connectivity index (χ0n) is 20.9. The van der Waals surface area contributed by atoms with E-state index in [1.807, 2.05) is 0 Å². The number of epoxide rings is 2. The second-order valence-electron chi connectivity index (χ2n) is 10.2. The van der Waals surface area contributed by atoms with Gasteiger partial charge in [0.05, 0.1) is 26.4 Å². The molecule has 12 heteroatoms. The summed E-state index contributed by atoms with van der Waals surface area (Å²) in [4.78, 5) is 0. The average molecular weight is 525 g/mol. The van der Waals surface area contributed by atoms with E-state index in [2.05, 4.69) is 39.7 Å². The van der Waals surface area contributed by atoms with Gasteiger partial charge in [-0.2, -0.15) is 0 Å². The summed E-state index contributed by atoms with van der Waals surface area (Å²) in [5, 5.41) is 0. The third kappa shape index (κ3) is 9.66. The van der Waals surface area contributed by atoms with Gasteiger partial charge in [-0.25, -0.2) is 0 Å². The molecule has 3 aliphatic heterocycles. The number of ether oxygens (including phenoxy) is 4. The first-order valence-corrected chi connectivity index (χ1v) is 22.6. The molecule has 0 amide bonds. The highest BCUT2D eigenvalue weighted by Gasteiger charge is 2.54. The Hall–Kier alpha value is 0.548. The minimum absolute atomic E-state index is 0.306. The fraction of sp³-hybridized carbons (Fsp3) is 1.00. The molecular formula is C20H44O8Si4. The first kappa shape index (κ1) is 27.1. The van der Waals surface area contributed by atoms with E-state index >= 15 is 0 Å². The highest BCUT2D eigenvalue weighted by atomic mass is 28.5. The molecule has 3 aliphatic rings. The van der Waals surface area contributed by atoms with Crippen molar-refractivity contribution in [1.82, 2.24) is 0 Å². The van der Waals surface area contributed by atoms with Crippen LogP contribution in [0.5, 0.6) is 0 Å². The Morgan fingerprint density at radius 3 is 1.44 bits per heavy atom. The minimum atomic E-state index is -2.46. The summed E-state index contributed by atoms with van der Waals surface area (Å²) in [5.74, 6) is 0. The number of hydrogen-bond acceptors (Lipinski definition) is 8. The van der Waals surface area contributed by atoms with Crippen LogP contribution in [0.2, 0.25) is 50.9 Å². The van der Waals surface area contributed by atoms with Crippen molar-refractivity contribution < 1.29 is 35.4 Å². The zero-order valence-corrected chi connectivity index (χ0v) is 24.9. The molecule has 0 N–H and O–H groups in total. The first-order valence-electron chi connectivity index (χ1n) is 12.2. The standard InChI is InChI=1S/C20H44O8Si4/c1-7-12-30(4)27-31(5,13-8-10-21-15-19-17-23-19)25-29(2,3)26-32(6,28-30)14-9-11-22-16-20-18-24-20/h19-20H,7-18H2,1-6H3. The van der Waals surface area contributed by atoms with Crippen molar-refractivity contribution in [2.75, 3.05) is 39.6 Å². The van der Waals surface area contributed by atoms with Crippen LogP contribution in [0.4, 0.5) is 0 Å². The summed E-state index contributed by atoms with van der Waals surface area (Å²) in [7, 11) is -9.75. The Balaban J connectivity index is 1.58. The molecule has 0 radical (unpaired) electrons. The summed E-state index contributed by atoms with van der Waals surface area (Å²) in [5.41, 5.74) is 0. The lowest BCUT2D eigenvalue weighted by atomic mass is 10.5. The van der Waals surface area contributed by atoms with Crippen LogP contribution in [0, 0.1) is 0 Å². The Kier molecular flexibility index (Phi) is 9.77. The van der Waals surface area contributed by atoms with E-state index in [4.69, 9.17) is 35.4 Å². The Bertz CT molecular complexity index is 550. The number of rotatable bonds is 14. The smallest absolute Gasteiger partial charge is 0.317 e. The van der Waals surface area contributed by atoms with Crippen molar-refractivity contribution in [3.63, 3.8) is 0 Å². The Morgan fingerprint density at radius 1 is 0.656 bits per heavy atom. The van der Waals surface area contributed by atoms with Gasteiger partial charge in [0.15, 0.2) is 0 Å². The van der Waals surface area contributed by atoms with Gasteiger partial charge in [0.1, 0.15) is 12.2 Å². The van der Waals surface area contributed by atoms with Gasteiger partial charge < -0.3 is 35.4 Å². The molecule has 0 saturated carbocycles. The molecule has 3 fully saturated rings. The van der Waals surface area contributed by atoms with Gasteiger partial charge in [-0.05, 0) is 63.7 Å². The van der Waals surface area contributed by atoms with Crippen molar-refractivity contribution >= 4 is 34.2 Å². The highest BCUT2D eigenvalue weighted by molar-refractivity contribution is 6.93. The maximum absolute atomic E-state index is 6.94. The molecule has 3 heterocycles. The molecule has 32 heavy (non-hydrogen) atoms. The van der Waals surface area contributed by atoms with E-state index in [9.17, 15) is 0 Å². The van der Waals surface area contributed by atoms with Crippen LogP contribution in [0.15, 0.2) is 0 Å². The van der Waals surface area contributed by atoms with Crippen molar-refractivity contribution in [2.45, 2.75) is 89.3 Å². The molecule has 188 valence electrons. The molecule has 0 bridgehead atoms. The van der Waals surface area contributed by atoms with Crippen LogP contribution in [-0.2, 0) is 35.4 Å². The van der Waals surface area contributed by atoms with Gasteiger partial charge >= 0.3 is 34.2 Å². The van der Waals surface area contributed by atoms with Crippen molar-refractivity contribution in [2.24, 2.45) is 0 Å². The molecule has 3 saturated heterocycles. The molecule has 4 atom stereocenters. The summed E-state index contributed by atoms with van der Waals surface area (Å²) in [6, 6.07) is 2.74. The molecule has 0 spiro atoms. The van der Waals surface area contributed by atoms with Crippen LogP contribution in [-0.4, -0.2) is 86.1 Å². The predicted molar refractivity (Wildman–Crippen MR) is 132 cm³/mol. The van der Waals surface area contributed by atoms with Gasteiger partial charge in [-0.3, -0.25) is 0 Å². The molecule has 0 aromatic carbocycles. The molecule has 4 unspecified atom stereocenters. The van der Waals surface area contributed by atoms with Gasteiger partial charge in [-0.15, -0.1) is 0 Å². The second-order valence-corrected chi connectivity index (χ2v) is 24.6. The van der Waals surface area contributed by atoms with E-state index in [1.54, 1.807) is 0 Å². The van der Waals surface area contributed by atoms with Crippen LogP contribution in [0.1, 0.15) is 26.2 Å². The van der Waals surface area contributed by atoms with E-state index < -0.39 is 34.2 Å². The highest BCUT2D eigenvalue weighted by Crippen LogP contribution is 2.37. The fourth-order valence-corrected chi connectivity index (χ4v) is 27.3. The zero-order chi connectivity index (χ0) is 23.3. The lowest BCUT2D eigenvalue weighted by Gasteiger charge is -2.49. The minimum Gasteiger partial charge on any atom is -0.416 e. The molecular weight excluding hydrogens is 481 g/mol. The average Bonchev–Trinajstić information content (AvgIpc) is 3.54. The van der Waals surface area contributed by atoms with E-state index in [-0.39, 0.29) is 0 Å². The van der Waals surface area contributed by atoms with E-state index in [1.165, 1.54) is 0 Å². The first-order chi connectivity index (χ1) is 15.0. The van der Waals surface area contributed by atoms with Gasteiger partial charge in [0, 0.05) is 13.2 Å². The predicted octanol–water partition coefficient (Wildman–Crippen LogP) is 4.01. The second kappa shape index (κ2) is 11.5. The van der Waals surface area contributed by atoms with Crippen LogP contribution in [0.3, 0.4) is 0 Å². The summed E-state index contributed by atoms with van der Waals surface area (Å²) in [6.45, 7) is 17.5. The van der Waals surface area contributed by atoms with Crippen molar-refractivity contribution in [1.29, 1.82) is 0 Å².